The zero-order valence-corrected chi connectivity index (χ0v) is 11.1. The molecule has 1 heterocycles. The summed E-state index contributed by atoms with van der Waals surface area (Å²) in [5.74, 6) is -3.13. The van der Waals surface area contributed by atoms with Crippen molar-refractivity contribution in [3.05, 3.63) is 33.9 Å². The van der Waals surface area contributed by atoms with Gasteiger partial charge in [0.05, 0.1) is 23.5 Å². The predicted molar refractivity (Wildman–Crippen MR) is 70.3 cm³/mol. The zero-order chi connectivity index (χ0) is 15.6. The number of carboxylic acid groups (broad SMARTS) is 1. The van der Waals surface area contributed by atoms with Crippen LogP contribution in [0.3, 0.4) is 0 Å². The van der Waals surface area contributed by atoms with Gasteiger partial charge < -0.3 is 10.0 Å². The van der Waals surface area contributed by atoms with Crippen LogP contribution in [-0.4, -0.2) is 28.6 Å². The minimum atomic E-state index is -1.05. The largest absolute Gasteiger partial charge is 0.481 e. The third kappa shape index (κ3) is 3.26. The number of rotatable bonds is 4. The van der Waals surface area contributed by atoms with Gasteiger partial charge in [0.2, 0.25) is 0 Å². The molecule has 6 nitrogen and oxygen atoms in total. The molecule has 2 rings (SSSR count). The first-order chi connectivity index (χ1) is 9.90. The highest BCUT2D eigenvalue weighted by atomic mass is 19.1. The highest BCUT2D eigenvalue weighted by Crippen LogP contribution is 2.33. The summed E-state index contributed by atoms with van der Waals surface area (Å²) in [6.45, 7) is 0.323. The number of benzene rings is 1. The minimum Gasteiger partial charge on any atom is -0.481 e. The van der Waals surface area contributed by atoms with Crippen LogP contribution in [0.4, 0.5) is 20.2 Å². The number of non-ortho nitro benzene ring substituents is 1. The minimum absolute atomic E-state index is 0.226. The van der Waals surface area contributed by atoms with Gasteiger partial charge in [0.1, 0.15) is 5.69 Å². The molecule has 0 aliphatic carbocycles. The molecular weight excluding hydrogens is 286 g/mol. The fraction of sp³-hybridized carbons (Fsp3) is 0.462. The summed E-state index contributed by atoms with van der Waals surface area (Å²) in [5, 5.41) is 19.5. The quantitative estimate of drug-likeness (QED) is 0.682. The van der Waals surface area contributed by atoms with E-state index < -0.39 is 34.3 Å². The topological polar surface area (TPSA) is 83.7 Å². The number of hydrogen-bond donors (Lipinski definition) is 1. The van der Waals surface area contributed by atoms with E-state index in [9.17, 15) is 23.7 Å². The lowest BCUT2D eigenvalue weighted by Crippen LogP contribution is -2.42. The molecule has 0 saturated carbocycles. The summed E-state index contributed by atoms with van der Waals surface area (Å²) in [4.78, 5) is 21.9. The first-order valence-electron chi connectivity index (χ1n) is 6.52. The molecule has 1 unspecified atom stereocenters. The maximum Gasteiger partial charge on any atom is 0.305 e. The van der Waals surface area contributed by atoms with Gasteiger partial charge in [-0.1, -0.05) is 0 Å². The smallest absolute Gasteiger partial charge is 0.305 e. The molecule has 0 radical (unpaired) electrons. The Kier molecular flexibility index (Phi) is 4.35. The number of carbonyl (C=O) groups is 1. The van der Waals surface area contributed by atoms with Gasteiger partial charge >= 0.3 is 5.97 Å². The highest BCUT2D eigenvalue weighted by Gasteiger charge is 2.30. The Morgan fingerprint density at radius 1 is 1.38 bits per heavy atom. The average Bonchev–Trinajstić information content (AvgIpc) is 2.39. The molecule has 1 aliphatic rings. The predicted octanol–water partition coefficient (Wildman–Crippen LogP) is 2.71. The molecule has 1 N–H and O–H groups in total. The van der Waals surface area contributed by atoms with Crippen LogP contribution in [0.2, 0.25) is 0 Å². The number of halogens is 2. The Bertz CT molecular complexity index is 556. The lowest BCUT2D eigenvalue weighted by molar-refractivity contribution is -0.385. The summed E-state index contributed by atoms with van der Waals surface area (Å²) in [6.07, 6.45) is 1.76. The second-order valence-electron chi connectivity index (χ2n) is 4.96. The van der Waals surface area contributed by atoms with E-state index >= 15 is 0 Å². The molecule has 1 aromatic carbocycles. The molecule has 1 atom stereocenters. The Morgan fingerprint density at radius 2 is 2.00 bits per heavy atom. The number of hydrogen-bond acceptors (Lipinski definition) is 4. The Hall–Kier alpha value is -2.25. The maximum atomic E-state index is 14.0. The summed E-state index contributed by atoms with van der Waals surface area (Å²) in [6, 6.07) is 0.803. The molecule has 21 heavy (non-hydrogen) atoms. The first kappa shape index (κ1) is 15.1. The maximum absolute atomic E-state index is 14.0. The van der Waals surface area contributed by atoms with E-state index in [2.05, 4.69) is 0 Å². The fourth-order valence-corrected chi connectivity index (χ4v) is 2.64. The van der Waals surface area contributed by atoms with Crippen molar-refractivity contribution in [2.45, 2.75) is 31.7 Å². The van der Waals surface area contributed by atoms with E-state index in [1.165, 1.54) is 4.90 Å². The van der Waals surface area contributed by atoms with E-state index in [0.29, 0.717) is 31.5 Å². The van der Waals surface area contributed by atoms with Crippen LogP contribution in [0.5, 0.6) is 0 Å². The molecule has 1 aromatic rings. The Labute approximate surface area is 119 Å². The summed E-state index contributed by atoms with van der Waals surface area (Å²) >= 11 is 0. The third-order valence-electron chi connectivity index (χ3n) is 3.54. The number of nitro benzene ring substituents is 1. The van der Waals surface area contributed by atoms with Gasteiger partial charge in [0.25, 0.3) is 5.69 Å². The fourth-order valence-electron chi connectivity index (χ4n) is 2.64. The molecule has 1 fully saturated rings. The van der Waals surface area contributed by atoms with Crippen LogP contribution in [0, 0.1) is 21.7 Å². The molecule has 114 valence electrons. The van der Waals surface area contributed by atoms with Gasteiger partial charge in [-0.3, -0.25) is 14.9 Å². The zero-order valence-electron chi connectivity index (χ0n) is 11.1. The molecule has 1 aliphatic heterocycles. The van der Waals surface area contributed by atoms with Gasteiger partial charge in [-0.15, -0.1) is 0 Å². The number of nitro groups is 1. The van der Waals surface area contributed by atoms with Crippen LogP contribution in [0.25, 0.3) is 0 Å². The van der Waals surface area contributed by atoms with Crippen molar-refractivity contribution >= 4 is 17.3 Å². The van der Waals surface area contributed by atoms with Gasteiger partial charge in [-0.25, -0.2) is 8.78 Å². The normalized spacial score (nSPS) is 18.6. The number of anilines is 1. The van der Waals surface area contributed by atoms with Crippen molar-refractivity contribution in [1.82, 2.24) is 0 Å². The van der Waals surface area contributed by atoms with Gasteiger partial charge in [0.15, 0.2) is 11.6 Å². The monoisotopic (exact) mass is 300 g/mol. The van der Waals surface area contributed by atoms with E-state index in [-0.39, 0.29) is 12.1 Å². The van der Waals surface area contributed by atoms with Gasteiger partial charge in [-0.2, -0.15) is 0 Å². The Morgan fingerprint density at radius 3 is 2.52 bits per heavy atom. The molecule has 8 heteroatoms. The standard InChI is InChI=1S/C13H14F2N2O4/c14-10-5-9(17(20)21)6-11(15)13(10)16-4-2-1-3-8(16)7-12(18)19/h5-6,8H,1-4,7H2,(H,18,19). The molecule has 0 spiro atoms. The number of carboxylic acids is 1. The Balaban J connectivity index is 2.38. The van der Waals surface area contributed by atoms with Crippen LogP contribution >= 0.6 is 0 Å². The lowest BCUT2D eigenvalue weighted by Gasteiger charge is -2.37. The van der Waals surface area contributed by atoms with Crippen LogP contribution in [-0.2, 0) is 4.79 Å². The second kappa shape index (κ2) is 6.02. The van der Waals surface area contributed by atoms with Crippen LogP contribution < -0.4 is 4.90 Å². The molecule has 1 saturated heterocycles. The van der Waals surface area contributed by atoms with E-state index in [0.717, 1.165) is 6.42 Å². The molecular formula is C13H14F2N2O4. The van der Waals surface area contributed by atoms with Crippen molar-refractivity contribution < 1.29 is 23.6 Å². The van der Waals surface area contributed by atoms with Gasteiger partial charge in [0, 0.05) is 12.6 Å². The highest BCUT2D eigenvalue weighted by molar-refractivity contribution is 5.69. The van der Waals surface area contributed by atoms with Crippen LogP contribution in [0.15, 0.2) is 12.1 Å². The lowest BCUT2D eigenvalue weighted by atomic mass is 9.98. The van der Waals surface area contributed by atoms with Crippen molar-refractivity contribution in [2.24, 2.45) is 0 Å². The number of piperidine rings is 1. The average molecular weight is 300 g/mol. The number of nitrogens with zero attached hydrogens (tertiary/aromatic N) is 2. The summed E-state index contributed by atoms with van der Waals surface area (Å²) in [7, 11) is 0. The van der Waals surface area contributed by atoms with Crippen molar-refractivity contribution in [3.63, 3.8) is 0 Å². The van der Waals surface area contributed by atoms with E-state index in [1.54, 1.807) is 0 Å². The summed E-state index contributed by atoms with van der Waals surface area (Å²) in [5.41, 5.74) is -1.05. The third-order valence-corrected chi connectivity index (χ3v) is 3.54. The second-order valence-corrected chi connectivity index (χ2v) is 4.96. The van der Waals surface area contributed by atoms with Crippen molar-refractivity contribution in [1.29, 1.82) is 0 Å². The number of aliphatic carboxylic acids is 1. The SMILES string of the molecule is O=C(O)CC1CCCCN1c1c(F)cc([N+](=O)[O-])cc1F. The molecule has 0 bridgehead atoms. The van der Waals surface area contributed by atoms with E-state index in [1.807, 2.05) is 0 Å². The molecule has 0 aromatic heterocycles. The van der Waals surface area contributed by atoms with Crippen molar-refractivity contribution in [3.8, 4) is 0 Å². The van der Waals surface area contributed by atoms with Crippen molar-refractivity contribution in [2.75, 3.05) is 11.4 Å². The summed E-state index contributed by atoms with van der Waals surface area (Å²) < 4.78 is 28.1. The first-order valence-corrected chi connectivity index (χ1v) is 6.52. The van der Waals surface area contributed by atoms with E-state index in [4.69, 9.17) is 5.11 Å². The van der Waals surface area contributed by atoms with Gasteiger partial charge in [-0.05, 0) is 19.3 Å². The molecule has 0 amide bonds. The van der Waals surface area contributed by atoms with Crippen LogP contribution in [0.1, 0.15) is 25.7 Å².